The average Bonchev–Trinajstić information content (AvgIpc) is 2.62. The Hall–Kier alpha value is -2.08. The van der Waals surface area contributed by atoms with E-state index in [2.05, 4.69) is 4.42 Å². The fourth-order valence-electron chi connectivity index (χ4n) is 2.13. The Balaban J connectivity index is 2.35. The molecule has 3 nitrogen and oxygen atoms in total. The standard InChI is InChI=1S/C13H4ClF3O3/c14-5-1-2-6-7-4-9(13(15,16)17)20-12(19)10(7)11(18)8(6)3-5/h1-4H. The summed E-state index contributed by atoms with van der Waals surface area (Å²) in [6, 6.07) is 4.81. The molecular weight excluding hydrogens is 297 g/mol. The van der Waals surface area contributed by atoms with Gasteiger partial charge in [-0.25, -0.2) is 4.79 Å². The predicted molar refractivity (Wildman–Crippen MR) is 63.9 cm³/mol. The fraction of sp³-hybridized carbons (Fsp3) is 0.0769. The minimum absolute atomic E-state index is 0.0785. The maximum Gasteiger partial charge on any atom is 0.449 e. The summed E-state index contributed by atoms with van der Waals surface area (Å²) < 4.78 is 42.1. The molecule has 0 saturated heterocycles. The van der Waals surface area contributed by atoms with Crippen molar-refractivity contribution in [2.75, 3.05) is 0 Å². The summed E-state index contributed by atoms with van der Waals surface area (Å²) in [6.45, 7) is 0. The highest BCUT2D eigenvalue weighted by Crippen LogP contribution is 2.39. The Morgan fingerprint density at radius 2 is 1.70 bits per heavy atom. The molecule has 1 aliphatic rings. The number of carbonyl (C=O) groups excluding carboxylic acids is 1. The van der Waals surface area contributed by atoms with Crippen LogP contribution in [0.2, 0.25) is 5.02 Å². The number of benzene rings is 1. The van der Waals surface area contributed by atoms with Crippen molar-refractivity contribution in [3.8, 4) is 11.1 Å². The molecule has 1 aliphatic carbocycles. The van der Waals surface area contributed by atoms with E-state index in [0.717, 1.165) is 0 Å². The van der Waals surface area contributed by atoms with E-state index in [9.17, 15) is 22.8 Å². The van der Waals surface area contributed by atoms with Crippen LogP contribution in [0.25, 0.3) is 11.1 Å². The van der Waals surface area contributed by atoms with Crippen molar-refractivity contribution in [2.45, 2.75) is 6.18 Å². The molecule has 0 unspecified atom stereocenters. The lowest BCUT2D eigenvalue weighted by Crippen LogP contribution is -2.16. The van der Waals surface area contributed by atoms with Crippen LogP contribution in [0.4, 0.5) is 13.2 Å². The van der Waals surface area contributed by atoms with Crippen molar-refractivity contribution < 1.29 is 22.4 Å². The van der Waals surface area contributed by atoms with Gasteiger partial charge in [-0.1, -0.05) is 17.7 Å². The molecule has 0 bridgehead atoms. The number of fused-ring (bicyclic) bond motifs is 3. The second-order valence-electron chi connectivity index (χ2n) is 4.20. The number of carbonyl (C=O) groups is 1. The Kier molecular flexibility index (Phi) is 2.56. The molecule has 0 fully saturated rings. The molecule has 0 N–H and O–H groups in total. The highest BCUT2D eigenvalue weighted by atomic mass is 35.5. The Bertz CT molecular complexity index is 805. The monoisotopic (exact) mass is 300 g/mol. The summed E-state index contributed by atoms with van der Waals surface area (Å²) in [5.74, 6) is -2.11. The van der Waals surface area contributed by atoms with Crippen LogP contribution in [0, 0.1) is 0 Å². The minimum atomic E-state index is -4.80. The molecule has 1 aromatic carbocycles. The van der Waals surface area contributed by atoms with Gasteiger partial charge in [0.05, 0.1) is 0 Å². The third kappa shape index (κ3) is 1.76. The van der Waals surface area contributed by atoms with E-state index in [1.54, 1.807) is 0 Å². The van der Waals surface area contributed by atoms with E-state index >= 15 is 0 Å². The number of alkyl halides is 3. The first-order valence-corrected chi connectivity index (χ1v) is 5.77. The van der Waals surface area contributed by atoms with Crippen LogP contribution in [0.15, 0.2) is 33.5 Å². The zero-order valence-electron chi connectivity index (χ0n) is 9.55. The molecule has 2 aromatic rings. The average molecular weight is 301 g/mol. The van der Waals surface area contributed by atoms with Crippen molar-refractivity contribution >= 4 is 17.4 Å². The van der Waals surface area contributed by atoms with E-state index in [1.807, 2.05) is 0 Å². The number of hydrogen-bond donors (Lipinski definition) is 0. The normalized spacial score (nSPS) is 13.3. The van der Waals surface area contributed by atoms with Crippen LogP contribution in [0.1, 0.15) is 21.7 Å². The van der Waals surface area contributed by atoms with Gasteiger partial charge >= 0.3 is 11.8 Å². The molecule has 102 valence electrons. The van der Waals surface area contributed by atoms with Crippen molar-refractivity contribution in [3.05, 3.63) is 56.6 Å². The topological polar surface area (TPSA) is 47.3 Å². The zero-order valence-corrected chi connectivity index (χ0v) is 10.3. The lowest BCUT2D eigenvalue weighted by atomic mass is 10.1. The highest BCUT2D eigenvalue weighted by molar-refractivity contribution is 6.32. The molecule has 7 heteroatoms. The highest BCUT2D eigenvalue weighted by Gasteiger charge is 2.39. The quantitative estimate of drug-likeness (QED) is 0.638. The van der Waals surface area contributed by atoms with Gasteiger partial charge in [0, 0.05) is 16.1 Å². The summed E-state index contributed by atoms with van der Waals surface area (Å²) in [5, 5.41) is 0.255. The lowest BCUT2D eigenvalue weighted by molar-refractivity contribution is -0.154. The number of halogens is 4. The van der Waals surface area contributed by atoms with E-state index in [-0.39, 0.29) is 21.7 Å². The van der Waals surface area contributed by atoms with E-state index in [0.29, 0.717) is 6.07 Å². The molecule has 3 rings (SSSR count). The van der Waals surface area contributed by atoms with Gasteiger partial charge in [-0.15, -0.1) is 0 Å². The summed E-state index contributed by atoms with van der Waals surface area (Å²) in [6.07, 6.45) is -4.80. The minimum Gasteiger partial charge on any atom is -0.418 e. The molecule has 1 heterocycles. The predicted octanol–water partition coefficient (Wildman–Crippen LogP) is 3.52. The molecule has 0 saturated carbocycles. The summed E-state index contributed by atoms with van der Waals surface area (Å²) in [7, 11) is 0. The molecule has 20 heavy (non-hydrogen) atoms. The van der Waals surface area contributed by atoms with Gasteiger partial charge in [-0.3, -0.25) is 4.79 Å². The van der Waals surface area contributed by atoms with Gasteiger partial charge in [0.1, 0.15) is 5.56 Å². The molecular formula is C13H4ClF3O3. The van der Waals surface area contributed by atoms with E-state index in [4.69, 9.17) is 11.6 Å². The SMILES string of the molecule is O=C1c2cc(Cl)ccc2-c2cc(C(F)(F)F)oc(=O)c21. The van der Waals surface area contributed by atoms with Crippen LogP contribution in [0.3, 0.4) is 0 Å². The Morgan fingerprint density at radius 1 is 1.00 bits per heavy atom. The molecule has 0 aliphatic heterocycles. The first-order chi connectivity index (χ1) is 9.29. The van der Waals surface area contributed by atoms with E-state index in [1.165, 1.54) is 18.2 Å². The first kappa shape index (κ1) is 12.9. The lowest BCUT2D eigenvalue weighted by Gasteiger charge is -2.06. The van der Waals surface area contributed by atoms with Gasteiger partial charge in [0.25, 0.3) is 0 Å². The second kappa shape index (κ2) is 3.96. The van der Waals surface area contributed by atoms with Crippen molar-refractivity contribution in [1.82, 2.24) is 0 Å². The molecule has 0 atom stereocenters. The third-order valence-electron chi connectivity index (χ3n) is 2.97. The zero-order chi connectivity index (χ0) is 14.7. The van der Waals surface area contributed by atoms with Crippen LogP contribution < -0.4 is 5.63 Å². The number of ketones is 1. The molecule has 0 amide bonds. The van der Waals surface area contributed by atoms with Crippen molar-refractivity contribution in [1.29, 1.82) is 0 Å². The third-order valence-corrected chi connectivity index (χ3v) is 3.21. The summed E-state index contributed by atoms with van der Waals surface area (Å²) in [4.78, 5) is 23.6. The fourth-order valence-corrected chi connectivity index (χ4v) is 2.31. The van der Waals surface area contributed by atoms with Crippen LogP contribution in [-0.2, 0) is 6.18 Å². The van der Waals surface area contributed by atoms with Gasteiger partial charge < -0.3 is 4.42 Å². The largest absolute Gasteiger partial charge is 0.449 e. The van der Waals surface area contributed by atoms with Crippen molar-refractivity contribution in [3.63, 3.8) is 0 Å². The first-order valence-electron chi connectivity index (χ1n) is 5.39. The van der Waals surface area contributed by atoms with Gasteiger partial charge in [0.2, 0.25) is 11.5 Å². The Morgan fingerprint density at radius 3 is 2.35 bits per heavy atom. The molecule has 1 aromatic heterocycles. The van der Waals surface area contributed by atoms with Crippen LogP contribution in [0.5, 0.6) is 0 Å². The van der Waals surface area contributed by atoms with Crippen LogP contribution in [-0.4, -0.2) is 5.78 Å². The number of rotatable bonds is 0. The summed E-state index contributed by atoms with van der Waals surface area (Å²) in [5.41, 5.74) is -1.43. The molecule has 0 radical (unpaired) electrons. The van der Waals surface area contributed by atoms with Gasteiger partial charge in [0.15, 0.2) is 0 Å². The van der Waals surface area contributed by atoms with Gasteiger partial charge in [-0.2, -0.15) is 13.2 Å². The van der Waals surface area contributed by atoms with Crippen molar-refractivity contribution in [2.24, 2.45) is 0 Å². The van der Waals surface area contributed by atoms with E-state index < -0.39 is 28.9 Å². The maximum atomic E-state index is 12.6. The Labute approximate surface area is 114 Å². The van der Waals surface area contributed by atoms with Gasteiger partial charge in [-0.05, 0) is 23.8 Å². The molecule has 0 spiro atoms. The second-order valence-corrected chi connectivity index (χ2v) is 4.64. The smallest absolute Gasteiger partial charge is 0.418 e. The maximum absolute atomic E-state index is 12.6. The number of hydrogen-bond acceptors (Lipinski definition) is 3. The summed E-state index contributed by atoms with van der Waals surface area (Å²) >= 11 is 5.74. The van der Waals surface area contributed by atoms with Crippen LogP contribution >= 0.6 is 11.6 Å².